The third kappa shape index (κ3) is 0.430. The van der Waals surface area contributed by atoms with Gasteiger partial charge in [0.05, 0.1) is 18.1 Å². The zero-order valence-electron chi connectivity index (χ0n) is 8.87. The number of carbonyl (C=O) groups is 1. The highest BCUT2D eigenvalue weighted by atomic mass is 16.5. The Balaban J connectivity index is 1.62. The number of aliphatic carboxylic acids is 1. The molecular formula is C13H14O3. The summed E-state index contributed by atoms with van der Waals surface area (Å²) in [5, 5.41) is 9.17. The van der Waals surface area contributed by atoms with Gasteiger partial charge < -0.3 is 9.84 Å². The van der Waals surface area contributed by atoms with Gasteiger partial charge in [0, 0.05) is 0 Å². The summed E-state index contributed by atoms with van der Waals surface area (Å²) in [5.41, 5.74) is -0.192. The molecule has 7 fully saturated rings. The Morgan fingerprint density at radius 3 is 2.88 bits per heavy atom. The molecule has 2 saturated heterocycles. The van der Waals surface area contributed by atoms with Crippen LogP contribution in [-0.4, -0.2) is 22.8 Å². The second-order valence-electron chi connectivity index (χ2n) is 7.03. The summed E-state index contributed by atoms with van der Waals surface area (Å²) in [6, 6.07) is 0. The van der Waals surface area contributed by atoms with Gasteiger partial charge in [-0.25, -0.2) is 0 Å². The van der Waals surface area contributed by atoms with Gasteiger partial charge in [-0.2, -0.15) is 0 Å². The molecule has 0 amide bonds. The van der Waals surface area contributed by atoms with E-state index in [1.807, 2.05) is 0 Å². The zero-order valence-corrected chi connectivity index (χ0v) is 8.87. The average Bonchev–Trinajstić information content (AvgIpc) is 2.73. The van der Waals surface area contributed by atoms with E-state index in [4.69, 9.17) is 4.74 Å². The molecule has 0 aromatic heterocycles. The average molecular weight is 218 g/mol. The fourth-order valence-electron chi connectivity index (χ4n) is 7.72. The maximum Gasteiger partial charge on any atom is 0.306 e. The number of hydrogen-bond acceptors (Lipinski definition) is 2. The van der Waals surface area contributed by atoms with E-state index in [-0.39, 0.29) is 12.0 Å². The van der Waals surface area contributed by atoms with Crippen molar-refractivity contribution in [2.75, 3.05) is 0 Å². The quantitative estimate of drug-likeness (QED) is 0.751. The molecule has 2 heterocycles. The van der Waals surface area contributed by atoms with E-state index >= 15 is 0 Å². The van der Waals surface area contributed by atoms with Gasteiger partial charge >= 0.3 is 5.97 Å². The molecule has 1 N–H and O–H groups in total. The van der Waals surface area contributed by atoms with Crippen LogP contribution >= 0.6 is 0 Å². The van der Waals surface area contributed by atoms with Crippen LogP contribution in [-0.2, 0) is 9.53 Å². The first-order valence-electron chi connectivity index (χ1n) is 6.64. The van der Waals surface area contributed by atoms with Crippen molar-refractivity contribution < 1.29 is 14.6 Å². The normalized spacial score (nSPS) is 77.9. The van der Waals surface area contributed by atoms with Crippen LogP contribution in [0.4, 0.5) is 0 Å². The van der Waals surface area contributed by atoms with E-state index in [1.54, 1.807) is 0 Å². The molecule has 7 rings (SSSR count). The molecule has 16 heavy (non-hydrogen) atoms. The molecule has 0 aromatic carbocycles. The molecule has 0 radical (unpaired) electrons. The van der Waals surface area contributed by atoms with Gasteiger partial charge in [-0.3, -0.25) is 4.79 Å². The number of carboxylic acid groups (broad SMARTS) is 1. The highest BCUT2D eigenvalue weighted by Crippen LogP contribution is 2.90. The minimum absolute atomic E-state index is 0.192. The summed E-state index contributed by atoms with van der Waals surface area (Å²) in [6.07, 6.45) is 2.19. The van der Waals surface area contributed by atoms with Crippen molar-refractivity contribution in [2.45, 2.75) is 24.5 Å². The lowest BCUT2D eigenvalue weighted by Crippen LogP contribution is -2.49. The molecule has 7 aliphatic rings. The molecule has 3 nitrogen and oxygen atoms in total. The van der Waals surface area contributed by atoms with E-state index < -0.39 is 5.97 Å². The van der Waals surface area contributed by atoms with E-state index in [9.17, 15) is 9.90 Å². The topological polar surface area (TPSA) is 46.5 Å². The van der Waals surface area contributed by atoms with Crippen LogP contribution in [0, 0.1) is 47.3 Å². The molecule has 0 spiro atoms. The maximum absolute atomic E-state index is 11.1. The van der Waals surface area contributed by atoms with Gasteiger partial charge in [-0.05, 0) is 53.8 Å². The van der Waals surface area contributed by atoms with Gasteiger partial charge in [0.25, 0.3) is 0 Å². The minimum Gasteiger partial charge on any atom is -0.481 e. The highest BCUT2D eigenvalue weighted by molar-refractivity contribution is 5.69. The predicted molar refractivity (Wildman–Crippen MR) is 52.4 cm³/mol. The number of carboxylic acids is 1. The van der Waals surface area contributed by atoms with Crippen molar-refractivity contribution in [3.05, 3.63) is 0 Å². The van der Waals surface area contributed by atoms with Crippen LogP contribution in [0.1, 0.15) is 12.8 Å². The third-order valence-corrected chi connectivity index (χ3v) is 7.29. The largest absolute Gasteiger partial charge is 0.481 e. The first-order chi connectivity index (χ1) is 7.74. The molecule has 4 bridgehead atoms. The Labute approximate surface area is 93.2 Å². The lowest BCUT2D eigenvalue weighted by molar-refractivity contribution is -0.145. The van der Waals surface area contributed by atoms with E-state index in [0.29, 0.717) is 17.9 Å². The van der Waals surface area contributed by atoms with Crippen molar-refractivity contribution in [1.29, 1.82) is 0 Å². The Kier molecular flexibility index (Phi) is 0.848. The maximum atomic E-state index is 11.1. The lowest BCUT2D eigenvalue weighted by atomic mass is 9.57. The lowest BCUT2D eigenvalue weighted by Gasteiger charge is -2.45. The monoisotopic (exact) mass is 218 g/mol. The van der Waals surface area contributed by atoms with Crippen molar-refractivity contribution in [3.8, 4) is 0 Å². The minimum atomic E-state index is -0.645. The van der Waals surface area contributed by atoms with Gasteiger partial charge in [-0.15, -0.1) is 0 Å². The standard InChI is InChI=1S/C13H14O3/c14-5(15)2-13-10-4-1-3-6-7(4)11(13)9(6)12(16-13)8(3)10/h3-4,6-12H,1-2H2,(H,14,15)/t3-,4-,6-,7-,8+,9+,10+,11-,12-,13+/m0/s1. The molecule has 2 aliphatic heterocycles. The second kappa shape index (κ2) is 1.76. The molecule has 5 aliphatic carbocycles. The summed E-state index contributed by atoms with van der Waals surface area (Å²) in [4.78, 5) is 11.1. The molecule has 5 saturated carbocycles. The molecule has 10 atom stereocenters. The summed E-state index contributed by atoms with van der Waals surface area (Å²) >= 11 is 0. The van der Waals surface area contributed by atoms with Crippen LogP contribution < -0.4 is 0 Å². The van der Waals surface area contributed by atoms with Crippen LogP contribution in [0.5, 0.6) is 0 Å². The Hall–Kier alpha value is -0.570. The zero-order chi connectivity index (χ0) is 10.4. The van der Waals surface area contributed by atoms with Gasteiger partial charge in [0.2, 0.25) is 0 Å². The number of hydrogen-bond donors (Lipinski definition) is 1. The Morgan fingerprint density at radius 2 is 2.06 bits per heavy atom. The first-order valence-corrected chi connectivity index (χ1v) is 6.64. The van der Waals surface area contributed by atoms with Crippen molar-refractivity contribution in [1.82, 2.24) is 0 Å². The van der Waals surface area contributed by atoms with E-state index in [2.05, 4.69) is 0 Å². The molecular weight excluding hydrogens is 204 g/mol. The third-order valence-electron chi connectivity index (χ3n) is 7.29. The molecule has 0 aromatic rings. The van der Waals surface area contributed by atoms with Gasteiger partial charge in [-0.1, -0.05) is 0 Å². The van der Waals surface area contributed by atoms with E-state index in [0.717, 1.165) is 35.5 Å². The molecule has 0 unspecified atom stereocenters. The van der Waals surface area contributed by atoms with Crippen LogP contribution in [0.3, 0.4) is 0 Å². The van der Waals surface area contributed by atoms with Crippen molar-refractivity contribution in [2.24, 2.45) is 47.3 Å². The summed E-state index contributed by atoms with van der Waals surface area (Å²) in [6.45, 7) is 0. The van der Waals surface area contributed by atoms with Crippen LogP contribution in [0.15, 0.2) is 0 Å². The fourth-order valence-corrected chi connectivity index (χ4v) is 7.72. The first kappa shape index (κ1) is 7.70. The molecule has 3 heteroatoms. The molecule has 84 valence electrons. The van der Waals surface area contributed by atoms with Crippen LogP contribution in [0.25, 0.3) is 0 Å². The second-order valence-corrected chi connectivity index (χ2v) is 7.03. The van der Waals surface area contributed by atoms with Gasteiger partial charge in [0.15, 0.2) is 0 Å². The summed E-state index contributed by atoms with van der Waals surface area (Å²) < 4.78 is 6.29. The van der Waals surface area contributed by atoms with Gasteiger partial charge in [0.1, 0.15) is 0 Å². The van der Waals surface area contributed by atoms with Crippen molar-refractivity contribution in [3.63, 3.8) is 0 Å². The Morgan fingerprint density at radius 1 is 1.19 bits per heavy atom. The predicted octanol–water partition coefficient (Wildman–Crippen LogP) is 0.986. The highest BCUT2D eigenvalue weighted by Gasteiger charge is 2.92. The SMILES string of the molecule is O=C(O)C[C@]12O[C@@H]3[C@@H]4[C@H]5[C@@H]6C[C@@H]([C@@H]5[C@@H]41)[C@@H]2[C@@H]63. The number of rotatable bonds is 2. The smallest absolute Gasteiger partial charge is 0.306 e. The van der Waals surface area contributed by atoms with Crippen molar-refractivity contribution >= 4 is 5.97 Å². The number of ether oxygens (including phenoxy) is 1. The fraction of sp³-hybridized carbons (Fsp3) is 0.923. The van der Waals surface area contributed by atoms with E-state index in [1.165, 1.54) is 6.42 Å². The summed E-state index contributed by atoms with van der Waals surface area (Å²) in [7, 11) is 0. The summed E-state index contributed by atoms with van der Waals surface area (Å²) in [5.74, 6) is 5.83. The Bertz CT molecular complexity index is 450. The van der Waals surface area contributed by atoms with Crippen LogP contribution in [0.2, 0.25) is 0 Å².